The molecule has 6 heteroatoms. The highest BCUT2D eigenvalue weighted by molar-refractivity contribution is 5.46. The number of halogens is 4. The first-order valence-electron chi connectivity index (χ1n) is 4.41. The van der Waals surface area contributed by atoms with Crippen LogP contribution in [-0.4, -0.2) is 13.2 Å². The molecule has 0 aliphatic heterocycles. The van der Waals surface area contributed by atoms with Crippen molar-refractivity contribution >= 4 is 0 Å². The molecule has 90 valence electrons. The fourth-order valence-electron chi connectivity index (χ4n) is 1.23. The van der Waals surface area contributed by atoms with E-state index >= 15 is 0 Å². The Morgan fingerprint density at radius 1 is 0.875 bits per heavy atom. The Morgan fingerprint density at radius 3 is 1.56 bits per heavy atom. The average molecular weight is 238 g/mol. The van der Waals surface area contributed by atoms with Gasteiger partial charge in [0.25, 0.3) is 0 Å². The highest BCUT2D eigenvalue weighted by Crippen LogP contribution is 2.31. The fourth-order valence-corrected chi connectivity index (χ4v) is 1.23. The maximum Gasteiger partial charge on any atom is 0.387 e. The molecule has 0 N–H and O–H groups in total. The van der Waals surface area contributed by atoms with Crippen LogP contribution in [0.2, 0.25) is 0 Å². The van der Waals surface area contributed by atoms with E-state index in [1.165, 1.54) is 19.1 Å². The van der Waals surface area contributed by atoms with Gasteiger partial charge in [0.1, 0.15) is 11.5 Å². The maximum atomic E-state index is 12.0. The zero-order valence-electron chi connectivity index (χ0n) is 8.64. The van der Waals surface area contributed by atoms with Gasteiger partial charge in [-0.1, -0.05) is 0 Å². The molecule has 0 aliphatic rings. The molecule has 0 unspecified atom stereocenters. The minimum atomic E-state index is -3.00. The minimum Gasteiger partial charge on any atom is -0.434 e. The Bertz CT molecular complexity index is 335. The molecule has 0 spiro atoms. The molecule has 0 aromatic heterocycles. The van der Waals surface area contributed by atoms with Crippen LogP contribution in [0.15, 0.2) is 12.1 Å². The van der Waals surface area contributed by atoms with Gasteiger partial charge in [-0.15, -0.1) is 0 Å². The number of aryl methyl sites for hydroxylation is 1. The summed E-state index contributed by atoms with van der Waals surface area (Å²) < 4.78 is 56.4. The van der Waals surface area contributed by atoms with Crippen molar-refractivity contribution in [3.05, 3.63) is 23.3 Å². The number of benzene rings is 1. The van der Waals surface area contributed by atoms with Crippen molar-refractivity contribution in [3.8, 4) is 11.5 Å². The van der Waals surface area contributed by atoms with Crippen LogP contribution in [0.1, 0.15) is 11.1 Å². The highest BCUT2D eigenvalue weighted by Gasteiger charge is 2.14. The molecule has 0 atom stereocenters. The van der Waals surface area contributed by atoms with E-state index in [2.05, 4.69) is 9.47 Å². The van der Waals surface area contributed by atoms with Gasteiger partial charge >= 0.3 is 13.2 Å². The lowest BCUT2D eigenvalue weighted by Crippen LogP contribution is -2.07. The predicted octanol–water partition coefficient (Wildman–Crippen LogP) is 3.51. The van der Waals surface area contributed by atoms with Gasteiger partial charge in [0.15, 0.2) is 0 Å². The monoisotopic (exact) mass is 238 g/mol. The second-order valence-corrected chi connectivity index (χ2v) is 3.14. The first kappa shape index (κ1) is 12.6. The van der Waals surface area contributed by atoms with Crippen molar-refractivity contribution < 1.29 is 27.0 Å². The topological polar surface area (TPSA) is 18.5 Å². The molecule has 0 fully saturated rings. The smallest absolute Gasteiger partial charge is 0.387 e. The van der Waals surface area contributed by atoms with Gasteiger partial charge in [0.2, 0.25) is 0 Å². The van der Waals surface area contributed by atoms with Crippen LogP contribution < -0.4 is 9.47 Å². The SMILES string of the molecule is Cc1cc(OC(F)F)c(C)c(OC(F)F)c1. The van der Waals surface area contributed by atoms with Gasteiger partial charge in [-0.3, -0.25) is 0 Å². The van der Waals surface area contributed by atoms with E-state index < -0.39 is 13.2 Å². The van der Waals surface area contributed by atoms with Gasteiger partial charge in [0, 0.05) is 5.56 Å². The average Bonchev–Trinajstić information content (AvgIpc) is 2.11. The molecule has 2 nitrogen and oxygen atoms in total. The first-order valence-corrected chi connectivity index (χ1v) is 4.41. The second kappa shape index (κ2) is 5.05. The van der Waals surface area contributed by atoms with E-state index in [1.807, 2.05) is 0 Å². The van der Waals surface area contributed by atoms with Crippen LogP contribution in [-0.2, 0) is 0 Å². The van der Waals surface area contributed by atoms with Crippen LogP contribution in [0.3, 0.4) is 0 Å². The van der Waals surface area contributed by atoms with E-state index in [-0.39, 0.29) is 17.1 Å². The third kappa shape index (κ3) is 3.29. The Hall–Kier alpha value is -1.46. The normalized spacial score (nSPS) is 11.0. The fraction of sp³-hybridized carbons (Fsp3) is 0.400. The quantitative estimate of drug-likeness (QED) is 0.747. The molecule has 0 aliphatic carbocycles. The van der Waals surface area contributed by atoms with Crippen LogP contribution in [0.4, 0.5) is 17.6 Å². The number of hydrogen-bond donors (Lipinski definition) is 0. The second-order valence-electron chi connectivity index (χ2n) is 3.14. The summed E-state index contributed by atoms with van der Waals surface area (Å²) in [6.45, 7) is -3.06. The maximum absolute atomic E-state index is 12.0. The Labute approximate surface area is 89.8 Å². The summed E-state index contributed by atoms with van der Waals surface area (Å²) in [5, 5.41) is 0. The van der Waals surface area contributed by atoms with E-state index in [9.17, 15) is 17.6 Å². The molecule has 0 saturated heterocycles. The van der Waals surface area contributed by atoms with E-state index in [0.717, 1.165) is 0 Å². The predicted molar refractivity (Wildman–Crippen MR) is 49.2 cm³/mol. The van der Waals surface area contributed by atoms with E-state index in [4.69, 9.17) is 0 Å². The van der Waals surface area contributed by atoms with Crippen molar-refractivity contribution in [2.24, 2.45) is 0 Å². The van der Waals surface area contributed by atoms with E-state index in [0.29, 0.717) is 5.56 Å². The van der Waals surface area contributed by atoms with Crippen molar-refractivity contribution in [1.82, 2.24) is 0 Å². The molecule has 1 rings (SSSR count). The molecule has 0 heterocycles. The summed E-state index contributed by atoms with van der Waals surface area (Å²) in [5.41, 5.74) is 0.614. The highest BCUT2D eigenvalue weighted by atomic mass is 19.3. The minimum absolute atomic E-state index is 0.117. The molecule has 0 bridgehead atoms. The molecule has 0 saturated carbocycles. The molecular weight excluding hydrogens is 228 g/mol. The number of rotatable bonds is 4. The lowest BCUT2D eigenvalue weighted by molar-refractivity contribution is -0.0551. The molecule has 16 heavy (non-hydrogen) atoms. The zero-order chi connectivity index (χ0) is 12.3. The summed E-state index contributed by atoms with van der Waals surface area (Å²) in [7, 11) is 0. The summed E-state index contributed by atoms with van der Waals surface area (Å²) in [5.74, 6) is -0.323. The standard InChI is InChI=1S/C10H10F4O2/c1-5-3-7(15-9(11)12)6(2)8(4-5)16-10(13)14/h3-4,9-10H,1-2H3. The number of hydrogen-bond acceptors (Lipinski definition) is 2. The van der Waals surface area contributed by atoms with Crippen LogP contribution in [0, 0.1) is 13.8 Å². The Morgan fingerprint density at radius 2 is 1.25 bits per heavy atom. The Kier molecular flexibility index (Phi) is 3.98. The summed E-state index contributed by atoms with van der Waals surface area (Å²) >= 11 is 0. The van der Waals surface area contributed by atoms with Gasteiger partial charge in [-0.25, -0.2) is 0 Å². The van der Waals surface area contributed by atoms with Gasteiger partial charge in [-0.05, 0) is 31.5 Å². The molecule has 1 aromatic carbocycles. The molecule has 1 aromatic rings. The van der Waals surface area contributed by atoms with Gasteiger partial charge in [-0.2, -0.15) is 17.6 Å². The summed E-state index contributed by atoms with van der Waals surface area (Å²) in [6.07, 6.45) is 0. The number of alkyl halides is 4. The lowest BCUT2D eigenvalue weighted by atomic mass is 10.1. The molecular formula is C10H10F4O2. The number of ether oxygens (including phenoxy) is 2. The van der Waals surface area contributed by atoms with Crippen molar-refractivity contribution in [3.63, 3.8) is 0 Å². The zero-order valence-corrected chi connectivity index (χ0v) is 8.64. The van der Waals surface area contributed by atoms with Crippen LogP contribution >= 0.6 is 0 Å². The Balaban J connectivity index is 3.05. The van der Waals surface area contributed by atoms with E-state index in [1.54, 1.807) is 6.92 Å². The third-order valence-corrected chi connectivity index (χ3v) is 1.89. The summed E-state index contributed by atoms with van der Waals surface area (Å²) in [4.78, 5) is 0. The summed E-state index contributed by atoms with van der Waals surface area (Å²) in [6, 6.07) is 2.67. The van der Waals surface area contributed by atoms with Crippen molar-refractivity contribution in [2.45, 2.75) is 27.1 Å². The molecule has 0 radical (unpaired) electrons. The van der Waals surface area contributed by atoms with Crippen LogP contribution in [0.5, 0.6) is 11.5 Å². The first-order chi connectivity index (χ1) is 7.40. The van der Waals surface area contributed by atoms with Crippen molar-refractivity contribution in [1.29, 1.82) is 0 Å². The molecule has 0 amide bonds. The van der Waals surface area contributed by atoms with Gasteiger partial charge < -0.3 is 9.47 Å². The van der Waals surface area contributed by atoms with Gasteiger partial charge in [0.05, 0.1) is 0 Å². The van der Waals surface area contributed by atoms with Crippen LogP contribution in [0.25, 0.3) is 0 Å². The third-order valence-electron chi connectivity index (χ3n) is 1.89. The largest absolute Gasteiger partial charge is 0.434 e. The lowest BCUT2D eigenvalue weighted by Gasteiger charge is -2.13. The van der Waals surface area contributed by atoms with Crippen molar-refractivity contribution in [2.75, 3.05) is 0 Å².